The molecule has 0 fully saturated rings. The van der Waals surface area contributed by atoms with Crippen LogP contribution in [0.5, 0.6) is 5.75 Å². The highest BCUT2D eigenvalue weighted by Gasteiger charge is 2.26. The van der Waals surface area contributed by atoms with Crippen LogP contribution < -0.4 is 11.1 Å². The predicted molar refractivity (Wildman–Crippen MR) is 95.5 cm³/mol. The van der Waals surface area contributed by atoms with E-state index in [0.29, 0.717) is 17.1 Å². The third kappa shape index (κ3) is 2.61. The largest absolute Gasteiger partial charge is 0.507 e. The molecule has 0 radical (unpaired) electrons. The second-order valence-corrected chi connectivity index (χ2v) is 6.10. The summed E-state index contributed by atoms with van der Waals surface area (Å²) < 4.78 is 0. The molecule has 1 aliphatic heterocycles. The van der Waals surface area contributed by atoms with E-state index in [1.54, 1.807) is 12.1 Å². The van der Waals surface area contributed by atoms with E-state index in [0.717, 1.165) is 18.5 Å². The first-order valence-electron chi connectivity index (χ1n) is 8.07. The van der Waals surface area contributed by atoms with Crippen LogP contribution in [0.25, 0.3) is 11.3 Å². The highest BCUT2D eigenvalue weighted by molar-refractivity contribution is 5.70. The molecule has 3 aromatic rings. The van der Waals surface area contributed by atoms with E-state index in [9.17, 15) is 5.11 Å². The summed E-state index contributed by atoms with van der Waals surface area (Å²) in [5, 5.41) is 13.6. The van der Waals surface area contributed by atoms with Crippen LogP contribution in [0.4, 0.5) is 5.82 Å². The van der Waals surface area contributed by atoms with E-state index in [-0.39, 0.29) is 11.8 Å². The number of benzene rings is 2. The first-order valence-corrected chi connectivity index (χ1v) is 8.07. The number of phenols is 1. The monoisotopic (exact) mass is 317 g/mol. The Labute approximate surface area is 141 Å². The molecule has 0 aliphatic carbocycles. The van der Waals surface area contributed by atoms with E-state index in [1.165, 1.54) is 11.1 Å². The number of pyridine rings is 1. The summed E-state index contributed by atoms with van der Waals surface area (Å²) >= 11 is 0. The zero-order chi connectivity index (χ0) is 16.5. The molecular formula is C20H19N3O. The minimum atomic E-state index is 0.206. The SMILES string of the molecule is Nc1nc(-c2ccccc2O)cc2c1CNC2Cc1ccccc1. The number of nitrogens with zero attached hydrogens (tertiary/aromatic N) is 1. The Morgan fingerprint density at radius 1 is 1.08 bits per heavy atom. The summed E-state index contributed by atoms with van der Waals surface area (Å²) in [4.78, 5) is 4.50. The molecule has 1 unspecified atom stereocenters. The Kier molecular flexibility index (Phi) is 3.67. The van der Waals surface area contributed by atoms with Crippen LogP contribution in [0, 0.1) is 0 Å². The molecule has 4 N–H and O–H groups in total. The number of rotatable bonds is 3. The van der Waals surface area contributed by atoms with Crippen LogP contribution in [0.15, 0.2) is 60.7 Å². The molecule has 24 heavy (non-hydrogen) atoms. The van der Waals surface area contributed by atoms with Gasteiger partial charge in [-0.05, 0) is 35.7 Å². The molecule has 1 aliphatic rings. The Balaban J connectivity index is 1.74. The summed E-state index contributed by atoms with van der Waals surface area (Å²) in [7, 11) is 0. The number of hydrogen-bond acceptors (Lipinski definition) is 4. The van der Waals surface area contributed by atoms with Crippen molar-refractivity contribution >= 4 is 5.82 Å². The Morgan fingerprint density at radius 3 is 2.62 bits per heavy atom. The lowest BCUT2D eigenvalue weighted by Crippen LogP contribution is -2.14. The van der Waals surface area contributed by atoms with Gasteiger partial charge in [-0.15, -0.1) is 0 Å². The van der Waals surface area contributed by atoms with Crippen LogP contribution in [0.2, 0.25) is 0 Å². The van der Waals surface area contributed by atoms with Gasteiger partial charge in [-0.3, -0.25) is 0 Å². The second-order valence-electron chi connectivity index (χ2n) is 6.10. The number of nitrogens with two attached hydrogens (primary N) is 1. The number of nitrogens with one attached hydrogen (secondary N) is 1. The topological polar surface area (TPSA) is 71.2 Å². The van der Waals surface area contributed by atoms with Crippen LogP contribution in [0.1, 0.15) is 22.7 Å². The van der Waals surface area contributed by atoms with Gasteiger partial charge in [0.05, 0.1) is 5.69 Å². The molecule has 0 bridgehead atoms. The van der Waals surface area contributed by atoms with Crippen molar-refractivity contribution in [1.82, 2.24) is 10.3 Å². The maximum absolute atomic E-state index is 10.1. The third-order valence-electron chi connectivity index (χ3n) is 4.55. The lowest BCUT2D eigenvalue weighted by Gasteiger charge is -2.14. The predicted octanol–water partition coefficient (Wildman–Crippen LogP) is 3.42. The van der Waals surface area contributed by atoms with Gasteiger partial charge in [0.2, 0.25) is 0 Å². The Bertz CT molecular complexity index is 877. The molecule has 4 heteroatoms. The molecule has 120 valence electrons. The molecule has 2 aromatic carbocycles. The fourth-order valence-electron chi connectivity index (χ4n) is 3.31. The van der Waals surface area contributed by atoms with Crippen LogP contribution >= 0.6 is 0 Å². The lowest BCUT2D eigenvalue weighted by molar-refractivity contribution is 0.477. The first-order chi connectivity index (χ1) is 11.7. The normalized spacial score (nSPS) is 16.1. The average Bonchev–Trinajstić information content (AvgIpc) is 3.00. The summed E-state index contributed by atoms with van der Waals surface area (Å²) in [5.74, 6) is 0.753. The standard InChI is InChI=1S/C20H19N3O/c21-20-16-12-22-17(10-13-6-2-1-3-7-13)15(16)11-18(23-20)14-8-4-5-9-19(14)24/h1-9,11,17,22,24H,10,12H2,(H2,21,23). The molecular weight excluding hydrogens is 298 g/mol. The molecule has 1 aromatic heterocycles. The Hall–Kier alpha value is -2.85. The van der Waals surface area contributed by atoms with E-state index in [2.05, 4.69) is 34.6 Å². The smallest absolute Gasteiger partial charge is 0.128 e. The molecule has 4 nitrogen and oxygen atoms in total. The molecule has 0 saturated carbocycles. The minimum absolute atomic E-state index is 0.206. The molecule has 0 amide bonds. The fourth-order valence-corrected chi connectivity index (χ4v) is 3.31. The van der Waals surface area contributed by atoms with Crippen molar-refractivity contribution in [1.29, 1.82) is 0 Å². The highest BCUT2D eigenvalue weighted by atomic mass is 16.3. The maximum atomic E-state index is 10.1. The van der Waals surface area contributed by atoms with Crippen molar-refractivity contribution in [3.05, 3.63) is 77.4 Å². The number of para-hydroxylation sites is 1. The summed E-state index contributed by atoms with van der Waals surface area (Å²) in [6.07, 6.45) is 0.900. The van der Waals surface area contributed by atoms with E-state index >= 15 is 0 Å². The van der Waals surface area contributed by atoms with Crippen LogP contribution in [0.3, 0.4) is 0 Å². The van der Waals surface area contributed by atoms with Crippen molar-refractivity contribution < 1.29 is 5.11 Å². The first kappa shape index (κ1) is 14.7. The average molecular weight is 317 g/mol. The zero-order valence-electron chi connectivity index (χ0n) is 13.2. The van der Waals surface area contributed by atoms with E-state index in [1.807, 2.05) is 24.3 Å². The molecule has 1 atom stereocenters. The van der Waals surface area contributed by atoms with Gasteiger partial charge in [-0.25, -0.2) is 4.98 Å². The van der Waals surface area contributed by atoms with Gasteiger partial charge in [-0.2, -0.15) is 0 Å². The molecule has 4 rings (SSSR count). The van der Waals surface area contributed by atoms with Crippen molar-refractivity contribution in [3.63, 3.8) is 0 Å². The van der Waals surface area contributed by atoms with Gasteiger partial charge in [0.15, 0.2) is 0 Å². The number of fused-ring (bicyclic) bond motifs is 1. The number of phenolic OH excluding ortho intramolecular Hbond substituents is 1. The van der Waals surface area contributed by atoms with E-state index in [4.69, 9.17) is 5.73 Å². The van der Waals surface area contributed by atoms with Crippen LogP contribution in [-0.4, -0.2) is 10.1 Å². The van der Waals surface area contributed by atoms with Gasteiger partial charge in [0, 0.05) is 23.7 Å². The maximum Gasteiger partial charge on any atom is 0.128 e. The molecule has 2 heterocycles. The lowest BCUT2D eigenvalue weighted by atomic mass is 9.97. The van der Waals surface area contributed by atoms with E-state index < -0.39 is 0 Å². The van der Waals surface area contributed by atoms with Gasteiger partial charge in [0.1, 0.15) is 11.6 Å². The summed E-state index contributed by atoms with van der Waals surface area (Å²) in [6, 6.07) is 19.9. The number of aromatic hydroxyl groups is 1. The Morgan fingerprint density at radius 2 is 1.83 bits per heavy atom. The van der Waals surface area contributed by atoms with Crippen molar-refractivity contribution in [2.75, 3.05) is 5.73 Å². The zero-order valence-corrected chi connectivity index (χ0v) is 13.2. The van der Waals surface area contributed by atoms with Gasteiger partial charge in [0.25, 0.3) is 0 Å². The van der Waals surface area contributed by atoms with Gasteiger partial charge < -0.3 is 16.2 Å². The summed E-state index contributed by atoms with van der Waals surface area (Å²) in [5.41, 5.74) is 11.1. The quantitative estimate of drug-likeness (QED) is 0.692. The van der Waals surface area contributed by atoms with Crippen LogP contribution in [-0.2, 0) is 13.0 Å². The summed E-state index contributed by atoms with van der Waals surface area (Å²) in [6.45, 7) is 0.729. The second kappa shape index (κ2) is 5.98. The third-order valence-corrected chi connectivity index (χ3v) is 4.55. The molecule has 0 spiro atoms. The van der Waals surface area contributed by atoms with Gasteiger partial charge in [-0.1, -0.05) is 42.5 Å². The minimum Gasteiger partial charge on any atom is -0.507 e. The van der Waals surface area contributed by atoms with Gasteiger partial charge >= 0.3 is 0 Å². The number of nitrogen functional groups attached to an aromatic ring is 1. The van der Waals surface area contributed by atoms with Crippen molar-refractivity contribution in [3.8, 4) is 17.0 Å². The fraction of sp³-hybridized carbons (Fsp3) is 0.150. The van der Waals surface area contributed by atoms with Crippen molar-refractivity contribution in [2.24, 2.45) is 0 Å². The molecule has 0 saturated heterocycles. The number of anilines is 1. The highest BCUT2D eigenvalue weighted by Crippen LogP contribution is 2.36. The number of aromatic nitrogens is 1. The van der Waals surface area contributed by atoms with Crippen molar-refractivity contribution in [2.45, 2.75) is 19.0 Å². The number of hydrogen-bond donors (Lipinski definition) is 3.